The van der Waals surface area contributed by atoms with Crippen LogP contribution in [-0.4, -0.2) is 31.8 Å². The molecule has 1 aromatic rings. The maximum atomic E-state index is 12.1. The Labute approximate surface area is 152 Å². The molecule has 0 aliphatic carbocycles. The lowest BCUT2D eigenvalue weighted by Crippen LogP contribution is -2.16. The van der Waals surface area contributed by atoms with Crippen LogP contribution in [0.5, 0.6) is 5.75 Å². The molecule has 0 saturated carbocycles. The normalized spacial score (nSPS) is 11.7. The molecule has 0 aromatic heterocycles. The second-order valence-corrected chi connectivity index (χ2v) is 6.22. The summed E-state index contributed by atoms with van der Waals surface area (Å²) in [5.74, 6) is -0.330. The molecule has 1 atom stereocenters. The Morgan fingerprint density at radius 1 is 1.14 bits per heavy atom. The number of hydrogen-bond donors (Lipinski definition) is 0. The first-order chi connectivity index (χ1) is 10.5. The number of carbonyl (C=O) groups is 2. The van der Waals surface area contributed by atoms with E-state index in [2.05, 4.69) is 38.5 Å². The van der Waals surface area contributed by atoms with Crippen LogP contribution in [0.1, 0.15) is 41.5 Å². The van der Waals surface area contributed by atoms with Crippen LogP contribution in [-0.2, 0) is 14.3 Å². The smallest absolute Gasteiger partial charge is 0.338 e. The van der Waals surface area contributed by atoms with Crippen molar-refractivity contribution >= 4 is 50.5 Å². The Morgan fingerprint density at radius 3 is 2.32 bits per heavy atom. The average molecular weight is 485 g/mol. The van der Waals surface area contributed by atoms with Gasteiger partial charge in [0.2, 0.25) is 0 Å². The second-order valence-electron chi connectivity index (χ2n) is 4.14. The summed E-state index contributed by atoms with van der Waals surface area (Å²) >= 11 is 5.37. The topological polar surface area (TPSA) is 61.8 Å². The number of esters is 2. The van der Waals surface area contributed by atoms with E-state index >= 15 is 0 Å². The zero-order chi connectivity index (χ0) is 16.7. The van der Waals surface area contributed by atoms with Crippen LogP contribution in [0.4, 0.5) is 0 Å². The first-order valence-electron chi connectivity index (χ1n) is 6.90. The van der Waals surface area contributed by atoms with Gasteiger partial charge < -0.3 is 14.2 Å². The van der Waals surface area contributed by atoms with Crippen LogP contribution in [0.3, 0.4) is 0 Å². The molecule has 0 aliphatic heterocycles. The molecule has 0 spiro atoms. The molecule has 0 heterocycles. The van der Waals surface area contributed by atoms with Gasteiger partial charge >= 0.3 is 11.9 Å². The van der Waals surface area contributed by atoms with Crippen LogP contribution < -0.4 is 4.74 Å². The van der Waals surface area contributed by atoms with Gasteiger partial charge in [-0.1, -0.05) is 15.9 Å². The van der Waals surface area contributed by atoms with E-state index in [1.807, 2.05) is 6.92 Å². The van der Waals surface area contributed by atoms with E-state index in [0.717, 1.165) is 3.57 Å². The summed E-state index contributed by atoms with van der Waals surface area (Å²) in [6.07, 6.45) is 0. The molecular weight excluding hydrogens is 467 g/mol. The molecule has 0 aliphatic rings. The third-order valence-corrected chi connectivity index (χ3v) is 4.38. The Hall–Kier alpha value is -0.830. The zero-order valence-electron chi connectivity index (χ0n) is 12.7. The molecule has 0 saturated heterocycles. The molecule has 1 aromatic carbocycles. The molecule has 7 heteroatoms. The Kier molecular flexibility index (Phi) is 8.16. The lowest BCUT2D eigenvalue weighted by atomic mass is 10.0. The summed E-state index contributed by atoms with van der Waals surface area (Å²) in [6.45, 7) is 6.33. The van der Waals surface area contributed by atoms with E-state index in [1.54, 1.807) is 26.0 Å². The first kappa shape index (κ1) is 19.2. The highest BCUT2D eigenvalue weighted by Crippen LogP contribution is 2.34. The van der Waals surface area contributed by atoms with Crippen molar-refractivity contribution in [3.63, 3.8) is 0 Å². The Balaban J connectivity index is 3.32. The first-order valence-corrected chi connectivity index (χ1v) is 8.89. The number of alkyl halides is 1. The summed E-state index contributed by atoms with van der Waals surface area (Å²) in [6, 6.07) is 3.33. The number of ether oxygens (including phenoxy) is 3. The van der Waals surface area contributed by atoms with Gasteiger partial charge in [-0.05, 0) is 61.1 Å². The minimum atomic E-state index is -0.761. The second kappa shape index (κ2) is 9.34. The van der Waals surface area contributed by atoms with Crippen molar-refractivity contribution in [2.24, 2.45) is 0 Å². The Morgan fingerprint density at radius 2 is 1.77 bits per heavy atom. The van der Waals surface area contributed by atoms with Gasteiger partial charge in [0.1, 0.15) is 10.6 Å². The molecule has 5 nitrogen and oxygen atoms in total. The lowest BCUT2D eigenvalue weighted by Gasteiger charge is -2.16. The summed E-state index contributed by atoms with van der Waals surface area (Å²) in [4.78, 5) is 23.3. The summed E-state index contributed by atoms with van der Waals surface area (Å²) in [5, 5.41) is 0. The van der Waals surface area contributed by atoms with Crippen LogP contribution in [0.2, 0.25) is 0 Å². The largest absolute Gasteiger partial charge is 0.493 e. The molecular formula is C15H18BrIO5. The van der Waals surface area contributed by atoms with Crippen molar-refractivity contribution < 1.29 is 23.8 Å². The molecule has 0 bridgehead atoms. The van der Waals surface area contributed by atoms with E-state index in [1.165, 1.54) is 0 Å². The SMILES string of the molecule is CCOC(=O)c1cc(I)c(OCC)cc1C(Br)C(=O)OCC. The molecule has 122 valence electrons. The molecule has 0 N–H and O–H groups in total. The zero-order valence-corrected chi connectivity index (χ0v) is 16.4. The van der Waals surface area contributed by atoms with E-state index in [4.69, 9.17) is 14.2 Å². The van der Waals surface area contributed by atoms with Gasteiger partial charge in [-0.3, -0.25) is 4.79 Å². The van der Waals surface area contributed by atoms with E-state index < -0.39 is 16.8 Å². The van der Waals surface area contributed by atoms with Gasteiger partial charge in [0, 0.05) is 0 Å². The van der Waals surface area contributed by atoms with E-state index in [0.29, 0.717) is 23.5 Å². The van der Waals surface area contributed by atoms with Gasteiger partial charge in [-0.25, -0.2) is 4.79 Å². The number of carbonyl (C=O) groups excluding carboxylic acids is 2. The van der Waals surface area contributed by atoms with Gasteiger partial charge in [-0.2, -0.15) is 0 Å². The van der Waals surface area contributed by atoms with Crippen molar-refractivity contribution in [3.8, 4) is 5.75 Å². The summed E-state index contributed by atoms with van der Waals surface area (Å²) in [7, 11) is 0. The molecule has 0 fully saturated rings. The predicted octanol–water partition coefficient (Wildman–Crippen LogP) is 3.87. The summed E-state index contributed by atoms with van der Waals surface area (Å²) in [5.41, 5.74) is 0.797. The monoisotopic (exact) mass is 484 g/mol. The quantitative estimate of drug-likeness (QED) is 0.334. The predicted molar refractivity (Wildman–Crippen MR) is 94.6 cm³/mol. The van der Waals surface area contributed by atoms with Gasteiger partial charge in [-0.15, -0.1) is 0 Å². The highest BCUT2D eigenvalue weighted by molar-refractivity contribution is 14.1. The van der Waals surface area contributed by atoms with Gasteiger partial charge in [0.25, 0.3) is 0 Å². The number of benzene rings is 1. The standard InChI is InChI=1S/C15H18BrIO5/c1-4-20-12-8-9(13(16)15(19)22-6-3)10(7-11(12)17)14(18)21-5-2/h7-8,13H,4-6H2,1-3H3. The lowest BCUT2D eigenvalue weighted by molar-refractivity contribution is -0.142. The van der Waals surface area contributed by atoms with Crippen molar-refractivity contribution in [1.82, 2.24) is 0 Å². The van der Waals surface area contributed by atoms with E-state index in [9.17, 15) is 9.59 Å². The number of rotatable bonds is 7. The van der Waals surface area contributed by atoms with Crippen LogP contribution in [0.25, 0.3) is 0 Å². The summed E-state index contributed by atoms with van der Waals surface area (Å²) < 4.78 is 16.4. The van der Waals surface area contributed by atoms with Gasteiger partial charge in [0.05, 0.1) is 29.0 Å². The van der Waals surface area contributed by atoms with Crippen molar-refractivity contribution in [1.29, 1.82) is 0 Å². The number of hydrogen-bond acceptors (Lipinski definition) is 5. The van der Waals surface area contributed by atoms with Crippen molar-refractivity contribution in [3.05, 3.63) is 26.8 Å². The molecule has 0 amide bonds. The van der Waals surface area contributed by atoms with Crippen molar-refractivity contribution in [2.75, 3.05) is 19.8 Å². The third kappa shape index (κ3) is 4.84. The molecule has 22 heavy (non-hydrogen) atoms. The van der Waals surface area contributed by atoms with Crippen LogP contribution in [0.15, 0.2) is 12.1 Å². The number of halogens is 2. The molecule has 0 radical (unpaired) electrons. The fourth-order valence-corrected chi connectivity index (χ4v) is 2.91. The van der Waals surface area contributed by atoms with Crippen LogP contribution in [0, 0.1) is 3.57 Å². The third-order valence-electron chi connectivity index (χ3n) is 2.67. The fourth-order valence-electron chi connectivity index (χ4n) is 1.77. The highest BCUT2D eigenvalue weighted by Gasteiger charge is 2.26. The van der Waals surface area contributed by atoms with Crippen molar-refractivity contribution in [2.45, 2.75) is 25.6 Å². The minimum absolute atomic E-state index is 0.258. The van der Waals surface area contributed by atoms with Crippen LogP contribution >= 0.6 is 38.5 Å². The average Bonchev–Trinajstić information content (AvgIpc) is 2.48. The highest BCUT2D eigenvalue weighted by atomic mass is 127. The van der Waals surface area contributed by atoms with E-state index in [-0.39, 0.29) is 13.2 Å². The maximum Gasteiger partial charge on any atom is 0.338 e. The molecule has 1 rings (SSSR count). The maximum absolute atomic E-state index is 12.1. The Bertz CT molecular complexity index is 547. The fraction of sp³-hybridized carbons (Fsp3) is 0.467. The molecule has 1 unspecified atom stereocenters. The van der Waals surface area contributed by atoms with Gasteiger partial charge in [0.15, 0.2) is 0 Å². The minimum Gasteiger partial charge on any atom is -0.493 e.